The minimum atomic E-state index is 0.294. The molecule has 4 heterocycles. The summed E-state index contributed by atoms with van der Waals surface area (Å²) in [5.41, 5.74) is 1.19. The van der Waals surface area contributed by atoms with Crippen LogP contribution in [-0.2, 0) is 9.53 Å². The lowest BCUT2D eigenvalue weighted by atomic mass is 10.2. The second-order valence-corrected chi connectivity index (χ2v) is 9.19. The summed E-state index contributed by atoms with van der Waals surface area (Å²) in [5, 5.41) is 13.1. The third-order valence-corrected chi connectivity index (χ3v) is 6.34. The molecule has 1 saturated carbocycles. The first-order valence-corrected chi connectivity index (χ1v) is 13.8. The van der Waals surface area contributed by atoms with E-state index in [1.807, 2.05) is 6.92 Å². The van der Waals surface area contributed by atoms with Gasteiger partial charge in [0.05, 0.1) is 19.3 Å². The maximum atomic E-state index is 9.06. The van der Waals surface area contributed by atoms with Gasteiger partial charge in [-0.05, 0) is 45.7 Å². The monoisotopic (exact) mass is 565 g/mol. The molecule has 0 radical (unpaired) electrons. The zero-order chi connectivity index (χ0) is 29.9. The summed E-state index contributed by atoms with van der Waals surface area (Å²) in [6.07, 6.45) is 19.3. The van der Waals surface area contributed by atoms with Crippen LogP contribution in [0.4, 0.5) is 23.7 Å². The van der Waals surface area contributed by atoms with Crippen LogP contribution in [0.5, 0.6) is 0 Å². The van der Waals surface area contributed by atoms with Crippen LogP contribution in [0.3, 0.4) is 0 Å². The lowest BCUT2D eigenvalue weighted by Crippen LogP contribution is -2.46. The number of amides is 1. The Bertz CT molecular complexity index is 1120. The fourth-order valence-corrected chi connectivity index (χ4v) is 4.14. The average molecular weight is 566 g/mol. The second kappa shape index (κ2) is 18.9. The molecule has 2 saturated heterocycles. The molecule has 3 fully saturated rings. The number of aliphatic imine (C=N–C) groups is 2. The van der Waals surface area contributed by atoms with E-state index in [9.17, 15) is 0 Å². The predicted molar refractivity (Wildman–Crippen MR) is 165 cm³/mol. The van der Waals surface area contributed by atoms with Gasteiger partial charge in [-0.3, -0.25) is 19.9 Å². The molecule has 2 aromatic heterocycles. The number of aromatic nitrogens is 5. The number of carbonyl (C=O) groups excluding carboxylic acids is 1. The minimum absolute atomic E-state index is 0.294. The highest BCUT2D eigenvalue weighted by Crippen LogP contribution is 2.39. The summed E-state index contributed by atoms with van der Waals surface area (Å²) >= 11 is 0. The van der Waals surface area contributed by atoms with Gasteiger partial charge in [0.15, 0.2) is 5.82 Å². The van der Waals surface area contributed by atoms with Crippen molar-refractivity contribution in [1.82, 2.24) is 30.5 Å². The van der Waals surface area contributed by atoms with Crippen LogP contribution in [0, 0.1) is 12.8 Å². The summed E-state index contributed by atoms with van der Waals surface area (Å²) < 4.78 is 5.66. The van der Waals surface area contributed by atoms with Crippen molar-refractivity contribution < 1.29 is 9.53 Å². The van der Waals surface area contributed by atoms with Crippen molar-refractivity contribution in [1.29, 1.82) is 0 Å². The lowest BCUT2D eigenvalue weighted by molar-refractivity contribution is -0.109. The fourth-order valence-electron chi connectivity index (χ4n) is 4.14. The molecule has 3 aliphatic rings. The Morgan fingerprint density at radius 2 is 1.88 bits per heavy atom. The number of ether oxygens (including phenoxy) is 1. The number of rotatable bonds is 9. The summed E-state index contributed by atoms with van der Waals surface area (Å²) in [7, 11) is 1.56. The third-order valence-electron chi connectivity index (χ3n) is 6.34. The molecule has 2 aromatic rings. The smallest absolute Gasteiger partial charge is 0.235 e. The molecule has 13 heteroatoms. The van der Waals surface area contributed by atoms with Crippen molar-refractivity contribution in [3.05, 3.63) is 24.2 Å². The van der Waals surface area contributed by atoms with E-state index in [0.717, 1.165) is 43.8 Å². The molecule has 222 valence electrons. The first-order chi connectivity index (χ1) is 20.1. The minimum Gasteiger partial charge on any atom is -0.377 e. The Hall–Kier alpha value is -4.31. The summed E-state index contributed by atoms with van der Waals surface area (Å²) in [5.74, 6) is 3.44. The number of terminal acetylenes is 1. The van der Waals surface area contributed by atoms with Crippen LogP contribution in [0.2, 0.25) is 0 Å². The van der Waals surface area contributed by atoms with Crippen LogP contribution in [0.1, 0.15) is 57.6 Å². The van der Waals surface area contributed by atoms with Gasteiger partial charge in [-0.1, -0.05) is 6.92 Å². The number of morpholine rings is 1. The molecule has 0 aromatic carbocycles. The Balaban J connectivity index is 0.000000384. The first kappa shape index (κ1) is 32.9. The van der Waals surface area contributed by atoms with Crippen molar-refractivity contribution in [2.75, 3.05) is 55.0 Å². The molecule has 1 amide bonds. The van der Waals surface area contributed by atoms with E-state index in [0.29, 0.717) is 37.5 Å². The van der Waals surface area contributed by atoms with E-state index in [1.165, 1.54) is 37.6 Å². The van der Waals surface area contributed by atoms with Gasteiger partial charge in [0.2, 0.25) is 24.3 Å². The quantitative estimate of drug-likeness (QED) is 0.236. The lowest BCUT2D eigenvalue weighted by Gasteiger charge is -2.35. The van der Waals surface area contributed by atoms with Crippen LogP contribution < -0.4 is 20.4 Å². The van der Waals surface area contributed by atoms with Crippen molar-refractivity contribution in [3.8, 4) is 12.8 Å². The molecule has 2 aliphatic heterocycles. The number of anilines is 4. The van der Waals surface area contributed by atoms with E-state index in [4.69, 9.17) is 24.5 Å². The Kier molecular flexibility index (Phi) is 15.2. The Labute approximate surface area is 243 Å². The van der Waals surface area contributed by atoms with Crippen LogP contribution in [0.25, 0.3) is 0 Å². The van der Waals surface area contributed by atoms with Crippen molar-refractivity contribution >= 4 is 43.0 Å². The fraction of sp³-hybridized carbons (Fsp3) is 0.536. The largest absolute Gasteiger partial charge is 0.377 e. The number of H-pyrrole nitrogens is 1. The van der Waals surface area contributed by atoms with Crippen molar-refractivity contribution in [2.24, 2.45) is 9.98 Å². The van der Waals surface area contributed by atoms with Gasteiger partial charge in [0.1, 0.15) is 0 Å². The topological polar surface area (TPSA) is 149 Å². The van der Waals surface area contributed by atoms with E-state index in [1.54, 1.807) is 19.5 Å². The molecule has 41 heavy (non-hydrogen) atoms. The first-order valence-electron chi connectivity index (χ1n) is 13.8. The van der Waals surface area contributed by atoms with Gasteiger partial charge in [0, 0.05) is 63.0 Å². The normalized spacial score (nSPS) is 17.9. The summed E-state index contributed by atoms with van der Waals surface area (Å²) in [4.78, 5) is 35.0. The molecule has 0 unspecified atom stereocenters. The standard InChI is InChI=1S/C19H28N8O.C5H8N2.C2H5NO.C2H2/c1-2-14-12-28-10-9-27(14)19-22-17(21-18(23-19)26-7-3-4-8-26)20-16-11-15(24-25-16)13-5-6-13;1-3-7-5-4-6-2;1-3-2-4;1-2/h11,13-14H,2-10,12H2,1H3,(H2,20,21,22,23,24,25);3-5H,2H2,1H3;2H,1H3,(H,3,4);1-2H/b;5-4-,7-3?;;/t14-;;;/m1.../s1. The van der Waals surface area contributed by atoms with Gasteiger partial charge in [-0.15, -0.1) is 12.8 Å². The SMILES string of the molecule is C#C.C=N/C=C\N=CC.CC[C@@H]1COCCN1c1nc(Nc2cc(C3CC3)[nH]n2)nc(N2CCCC2)n1.CNC=O. The molecule has 0 spiro atoms. The van der Waals surface area contributed by atoms with E-state index in [-0.39, 0.29) is 0 Å². The molecular formula is C28H43N11O2. The summed E-state index contributed by atoms with van der Waals surface area (Å²) in [6.45, 7) is 11.5. The molecule has 3 N–H and O–H groups in total. The number of nitrogens with zero attached hydrogens (tertiary/aromatic N) is 8. The average Bonchev–Trinajstić information content (AvgIpc) is 3.51. The highest BCUT2D eigenvalue weighted by atomic mass is 16.5. The number of nitrogens with one attached hydrogen (secondary N) is 3. The Morgan fingerprint density at radius 1 is 1.17 bits per heavy atom. The van der Waals surface area contributed by atoms with Crippen LogP contribution >= 0.6 is 0 Å². The van der Waals surface area contributed by atoms with E-state index < -0.39 is 0 Å². The highest BCUT2D eigenvalue weighted by Gasteiger charge is 2.28. The van der Waals surface area contributed by atoms with Gasteiger partial charge >= 0.3 is 0 Å². The number of aromatic amines is 1. The van der Waals surface area contributed by atoms with E-state index in [2.05, 4.69) is 73.2 Å². The number of hydrogen-bond donors (Lipinski definition) is 3. The predicted octanol–water partition coefficient (Wildman–Crippen LogP) is 3.29. The molecule has 1 atom stereocenters. The van der Waals surface area contributed by atoms with Gasteiger partial charge in [0.25, 0.3) is 0 Å². The van der Waals surface area contributed by atoms with Gasteiger partial charge in [-0.2, -0.15) is 20.1 Å². The van der Waals surface area contributed by atoms with Gasteiger partial charge in [-0.25, -0.2) is 0 Å². The molecule has 0 bridgehead atoms. The summed E-state index contributed by atoms with van der Waals surface area (Å²) in [6, 6.07) is 2.36. The molecule has 1 aliphatic carbocycles. The Morgan fingerprint density at radius 3 is 2.49 bits per heavy atom. The maximum absolute atomic E-state index is 9.06. The molecule has 5 rings (SSSR count). The van der Waals surface area contributed by atoms with Crippen LogP contribution in [0.15, 0.2) is 28.5 Å². The van der Waals surface area contributed by atoms with Crippen molar-refractivity contribution in [2.45, 2.75) is 57.9 Å². The second-order valence-electron chi connectivity index (χ2n) is 9.19. The maximum Gasteiger partial charge on any atom is 0.235 e. The number of carbonyl (C=O) groups is 1. The van der Waals surface area contributed by atoms with Crippen LogP contribution in [-0.4, -0.2) is 90.4 Å². The zero-order valence-electron chi connectivity index (χ0n) is 24.4. The van der Waals surface area contributed by atoms with Crippen molar-refractivity contribution in [3.63, 3.8) is 0 Å². The van der Waals surface area contributed by atoms with Gasteiger partial charge < -0.3 is 25.2 Å². The molecular weight excluding hydrogens is 522 g/mol. The number of hydrogen-bond acceptors (Lipinski definition) is 11. The highest BCUT2D eigenvalue weighted by molar-refractivity contribution is 5.54. The molecule has 13 nitrogen and oxygen atoms in total. The third kappa shape index (κ3) is 11.0. The zero-order valence-corrected chi connectivity index (χ0v) is 24.4. The van der Waals surface area contributed by atoms with E-state index >= 15 is 0 Å².